The van der Waals surface area contributed by atoms with E-state index in [4.69, 9.17) is 16.6 Å². The Bertz CT molecular complexity index is 929. The first-order valence-corrected chi connectivity index (χ1v) is 10.3. The molecule has 0 bridgehead atoms. The number of amides is 1. The van der Waals surface area contributed by atoms with E-state index in [2.05, 4.69) is 25.4 Å². The van der Waals surface area contributed by atoms with E-state index in [1.807, 2.05) is 6.92 Å². The Balaban J connectivity index is 1.62. The van der Waals surface area contributed by atoms with Gasteiger partial charge in [-0.2, -0.15) is 10.1 Å². The zero-order chi connectivity index (χ0) is 20.4. The minimum atomic E-state index is -0.197. The topological polar surface area (TPSA) is 86.6 Å². The van der Waals surface area contributed by atoms with Gasteiger partial charge in [-0.25, -0.2) is 10.4 Å². The Labute approximate surface area is 175 Å². The second-order valence-corrected chi connectivity index (χ2v) is 7.77. The van der Waals surface area contributed by atoms with Gasteiger partial charge in [0.25, 0.3) is 0 Å². The van der Waals surface area contributed by atoms with Crippen LogP contribution in [0.1, 0.15) is 44.7 Å². The van der Waals surface area contributed by atoms with Crippen molar-refractivity contribution in [1.29, 1.82) is 0 Å². The molecule has 1 saturated carbocycles. The number of nitrogens with one attached hydrogen (secondary N) is 1. The lowest BCUT2D eigenvalue weighted by atomic mass is 10.0. The van der Waals surface area contributed by atoms with Crippen LogP contribution in [-0.2, 0) is 4.79 Å². The van der Waals surface area contributed by atoms with Gasteiger partial charge in [0.05, 0.1) is 18.1 Å². The molecule has 1 aliphatic carbocycles. The summed E-state index contributed by atoms with van der Waals surface area (Å²) in [6.45, 7) is 2.05. The first kappa shape index (κ1) is 19.6. The number of likely N-dealkylation sites (N-methyl/N-ethyl adjacent to an activating group) is 1. The largest absolute Gasteiger partial charge is 0.340 e. The summed E-state index contributed by atoms with van der Waals surface area (Å²) < 4.78 is 0. The van der Waals surface area contributed by atoms with Gasteiger partial charge in [0.2, 0.25) is 11.9 Å². The highest BCUT2D eigenvalue weighted by molar-refractivity contribution is 6.30. The minimum Gasteiger partial charge on any atom is -0.340 e. The lowest BCUT2D eigenvalue weighted by Crippen LogP contribution is -2.55. The van der Waals surface area contributed by atoms with Gasteiger partial charge in [-0.3, -0.25) is 9.78 Å². The molecule has 1 unspecified atom stereocenters. The van der Waals surface area contributed by atoms with Gasteiger partial charge in [0.15, 0.2) is 5.82 Å². The molecule has 0 aromatic carbocycles. The molecular weight excluding hydrogens is 390 g/mol. The van der Waals surface area contributed by atoms with Crippen LogP contribution < -0.4 is 15.2 Å². The van der Waals surface area contributed by atoms with Crippen molar-refractivity contribution in [2.45, 2.75) is 51.1 Å². The second kappa shape index (κ2) is 8.32. The van der Waals surface area contributed by atoms with Crippen LogP contribution in [0, 0.1) is 0 Å². The van der Waals surface area contributed by atoms with E-state index in [-0.39, 0.29) is 11.9 Å². The number of nitrogens with zero attached hydrogens (tertiary/aromatic N) is 6. The number of pyridine rings is 1. The maximum Gasteiger partial charge on any atom is 0.249 e. The molecule has 1 fully saturated rings. The summed E-state index contributed by atoms with van der Waals surface area (Å²) in [6, 6.07) is 3.56. The molecule has 1 N–H and O–H groups in total. The summed E-state index contributed by atoms with van der Waals surface area (Å²) in [5.74, 6) is 1.27. The van der Waals surface area contributed by atoms with E-state index >= 15 is 0 Å². The molecule has 4 rings (SSSR count). The van der Waals surface area contributed by atoms with Crippen LogP contribution in [0.25, 0.3) is 0 Å². The van der Waals surface area contributed by atoms with Gasteiger partial charge in [-0.15, -0.1) is 0 Å². The Hall–Kier alpha value is -2.74. The third-order valence-electron chi connectivity index (χ3n) is 5.52. The molecule has 152 valence electrons. The molecule has 0 saturated heterocycles. The molecule has 3 heterocycles. The van der Waals surface area contributed by atoms with E-state index < -0.39 is 0 Å². The number of anilines is 3. The van der Waals surface area contributed by atoms with E-state index in [0.717, 1.165) is 30.8 Å². The fraction of sp³-hybridized carbons (Fsp3) is 0.450. The van der Waals surface area contributed by atoms with Crippen LogP contribution >= 0.6 is 11.6 Å². The quantitative estimate of drug-likeness (QED) is 0.596. The van der Waals surface area contributed by atoms with Crippen LogP contribution in [0.5, 0.6) is 0 Å². The maximum absolute atomic E-state index is 12.9. The minimum absolute atomic E-state index is 0.0984. The van der Waals surface area contributed by atoms with Crippen molar-refractivity contribution in [3.63, 3.8) is 0 Å². The molecule has 0 spiro atoms. The summed E-state index contributed by atoms with van der Waals surface area (Å²) in [6.07, 6.45) is 10.1. The molecule has 2 aromatic rings. The maximum atomic E-state index is 12.9. The van der Waals surface area contributed by atoms with E-state index in [0.29, 0.717) is 22.7 Å². The Morgan fingerprint density at radius 2 is 2.14 bits per heavy atom. The van der Waals surface area contributed by atoms with Gasteiger partial charge in [-0.05, 0) is 31.4 Å². The zero-order valence-corrected chi connectivity index (χ0v) is 17.3. The van der Waals surface area contributed by atoms with E-state index in [1.165, 1.54) is 12.8 Å². The molecule has 2 aliphatic rings. The molecule has 1 atom stereocenters. The summed E-state index contributed by atoms with van der Waals surface area (Å²) >= 11 is 5.97. The number of hydrogen-bond acceptors (Lipinski definition) is 7. The van der Waals surface area contributed by atoms with Gasteiger partial charge < -0.3 is 9.80 Å². The van der Waals surface area contributed by atoms with Crippen molar-refractivity contribution in [3.8, 4) is 0 Å². The SMILES string of the molecule is CCC1C(=O)N(C)c2cnc(NN=Cc3cc(Cl)ccn3)nc2N1C1CCCC1. The van der Waals surface area contributed by atoms with E-state index in [1.54, 1.807) is 42.7 Å². The van der Waals surface area contributed by atoms with Gasteiger partial charge in [0.1, 0.15) is 11.7 Å². The van der Waals surface area contributed by atoms with Crippen molar-refractivity contribution in [2.75, 3.05) is 22.3 Å². The molecule has 1 aliphatic heterocycles. The third-order valence-corrected chi connectivity index (χ3v) is 5.75. The number of hydrogen-bond donors (Lipinski definition) is 1. The highest BCUT2D eigenvalue weighted by Gasteiger charge is 2.41. The van der Waals surface area contributed by atoms with Crippen molar-refractivity contribution >= 4 is 41.2 Å². The van der Waals surface area contributed by atoms with Crippen molar-refractivity contribution in [2.24, 2.45) is 5.10 Å². The summed E-state index contributed by atoms with van der Waals surface area (Å²) in [5.41, 5.74) is 4.23. The van der Waals surface area contributed by atoms with Crippen LogP contribution in [0.2, 0.25) is 5.02 Å². The van der Waals surface area contributed by atoms with Gasteiger partial charge in [-0.1, -0.05) is 31.4 Å². The molecule has 0 radical (unpaired) electrons. The lowest BCUT2D eigenvalue weighted by molar-refractivity contribution is -0.120. The number of fused-ring (bicyclic) bond motifs is 1. The van der Waals surface area contributed by atoms with Crippen molar-refractivity contribution < 1.29 is 4.79 Å². The van der Waals surface area contributed by atoms with Crippen molar-refractivity contribution in [3.05, 3.63) is 35.2 Å². The number of carbonyl (C=O) groups is 1. The molecule has 29 heavy (non-hydrogen) atoms. The second-order valence-electron chi connectivity index (χ2n) is 7.34. The van der Waals surface area contributed by atoms with Gasteiger partial charge in [0, 0.05) is 24.3 Å². The zero-order valence-electron chi connectivity index (χ0n) is 16.5. The van der Waals surface area contributed by atoms with E-state index in [9.17, 15) is 4.79 Å². The fourth-order valence-corrected chi connectivity index (χ4v) is 4.25. The summed E-state index contributed by atoms with van der Waals surface area (Å²) in [4.78, 5) is 30.0. The lowest BCUT2D eigenvalue weighted by Gasteiger charge is -2.43. The first-order chi connectivity index (χ1) is 14.1. The average Bonchev–Trinajstić information content (AvgIpc) is 3.25. The van der Waals surface area contributed by atoms with Crippen LogP contribution in [0.15, 0.2) is 29.6 Å². The van der Waals surface area contributed by atoms with Crippen LogP contribution in [0.3, 0.4) is 0 Å². The fourth-order valence-electron chi connectivity index (χ4n) is 4.08. The Kier molecular flexibility index (Phi) is 5.62. The smallest absolute Gasteiger partial charge is 0.249 e. The number of carbonyl (C=O) groups excluding carboxylic acids is 1. The molecule has 1 amide bonds. The normalized spacial score (nSPS) is 19.8. The number of aromatic nitrogens is 3. The highest BCUT2D eigenvalue weighted by Crippen LogP contribution is 2.39. The standard InChI is InChI=1S/C20H24ClN7O/c1-3-16-19(29)27(2)17-12-23-20(25-18(17)28(16)15-6-4-5-7-15)26-24-11-14-10-13(21)8-9-22-14/h8-12,15-16H,3-7H2,1-2H3,(H,23,25,26). The third kappa shape index (κ3) is 3.89. The number of rotatable bonds is 5. The monoisotopic (exact) mass is 413 g/mol. The molecule has 2 aromatic heterocycles. The highest BCUT2D eigenvalue weighted by atomic mass is 35.5. The first-order valence-electron chi connectivity index (χ1n) is 9.92. The number of halogens is 1. The summed E-state index contributed by atoms with van der Waals surface area (Å²) in [5, 5.41) is 4.77. The van der Waals surface area contributed by atoms with Crippen LogP contribution in [0.4, 0.5) is 17.5 Å². The average molecular weight is 414 g/mol. The number of hydrazone groups is 1. The van der Waals surface area contributed by atoms with Gasteiger partial charge >= 0.3 is 0 Å². The Morgan fingerprint density at radius 3 is 2.86 bits per heavy atom. The van der Waals surface area contributed by atoms with Crippen molar-refractivity contribution in [1.82, 2.24) is 15.0 Å². The molecule has 9 heteroatoms. The predicted octanol–water partition coefficient (Wildman–Crippen LogP) is 3.48. The molecule has 8 nitrogen and oxygen atoms in total. The summed E-state index contributed by atoms with van der Waals surface area (Å²) in [7, 11) is 1.79. The predicted molar refractivity (Wildman–Crippen MR) is 115 cm³/mol. The van der Waals surface area contributed by atoms with Crippen LogP contribution in [-0.4, -0.2) is 46.2 Å². The molecular formula is C20H24ClN7O. The Morgan fingerprint density at radius 1 is 1.34 bits per heavy atom.